The molecule has 0 aromatic heterocycles. The molecule has 0 radical (unpaired) electrons. The van der Waals surface area contributed by atoms with Crippen LogP contribution in [0.5, 0.6) is 5.75 Å². The highest BCUT2D eigenvalue weighted by molar-refractivity contribution is 5.88. The van der Waals surface area contributed by atoms with Crippen LogP contribution in [0.3, 0.4) is 0 Å². The van der Waals surface area contributed by atoms with E-state index in [0.29, 0.717) is 0 Å². The Bertz CT molecular complexity index is 778. The Balaban J connectivity index is 1.80. The first-order chi connectivity index (χ1) is 11.7. The van der Waals surface area contributed by atoms with E-state index in [0.717, 1.165) is 29.2 Å². The number of ether oxygens (including phenoxy) is 1. The molecule has 5 heteroatoms. The maximum absolute atomic E-state index is 12.5. The van der Waals surface area contributed by atoms with Crippen LogP contribution in [0.2, 0.25) is 0 Å². The fourth-order valence-electron chi connectivity index (χ4n) is 2.80. The van der Waals surface area contributed by atoms with E-state index in [1.54, 1.807) is 11.1 Å². The first kappa shape index (κ1) is 17.5. The van der Waals surface area contributed by atoms with E-state index in [9.17, 15) is 9.90 Å². The molecular weight excluding hydrogens is 316 g/mol. The van der Waals surface area contributed by atoms with Crippen molar-refractivity contribution in [1.29, 1.82) is 0 Å². The van der Waals surface area contributed by atoms with Crippen LogP contribution in [0.4, 0.5) is 4.79 Å². The van der Waals surface area contributed by atoms with Crippen LogP contribution in [0.25, 0.3) is 10.8 Å². The van der Waals surface area contributed by atoms with Crippen LogP contribution in [-0.2, 0) is 4.74 Å². The minimum absolute atomic E-state index is 0.136. The average molecular weight is 342 g/mol. The second-order valence-electron chi connectivity index (χ2n) is 7.69. The molecule has 1 unspecified atom stereocenters. The normalized spacial score (nSPS) is 15.8. The number of carbonyl (C=O) groups is 1. The summed E-state index contributed by atoms with van der Waals surface area (Å²) in [7, 11) is 0. The standard InChI is InChI=1S/C20H26N2O3/c1-13(15-11-14-7-5-6-8-17(14)18(23)12-15)21-22(16-9-10-16)19(24)25-20(2,3)4/h5-8,11-13,16,21,23H,9-10H2,1-4H3. The molecule has 0 aliphatic heterocycles. The molecule has 3 rings (SSSR count). The number of hydrogen-bond donors (Lipinski definition) is 2. The van der Waals surface area contributed by atoms with Crippen LogP contribution in [0.15, 0.2) is 36.4 Å². The molecule has 0 heterocycles. The number of phenolic OH excluding ortho intramolecular Hbond substituents is 1. The number of benzene rings is 2. The van der Waals surface area contributed by atoms with E-state index < -0.39 is 5.60 Å². The molecule has 5 nitrogen and oxygen atoms in total. The predicted molar refractivity (Wildman–Crippen MR) is 98.3 cm³/mol. The number of hydrazine groups is 1. The summed E-state index contributed by atoms with van der Waals surface area (Å²) in [6, 6.07) is 11.5. The number of nitrogens with zero attached hydrogens (tertiary/aromatic N) is 1. The molecule has 1 amide bonds. The van der Waals surface area contributed by atoms with Gasteiger partial charge in [0.05, 0.1) is 6.04 Å². The third kappa shape index (κ3) is 4.23. The molecule has 2 N–H and O–H groups in total. The van der Waals surface area contributed by atoms with Gasteiger partial charge in [0.25, 0.3) is 0 Å². The lowest BCUT2D eigenvalue weighted by molar-refractivity contribution is 0.00786. The van der Waals surface area contributed by atoms with Gasteiger partial charge in [0, 0.05) is 11.4 Å². The summed E-state index contributed by atoms with van der Waals surface area (Å²) < 4.78 is 5.51. The monoisotopic (exact) mass is 342 g/mol. The quantitative estimate of drug-likeness (QED) is 0.803. The maximum Gasteiger partial charge on any atom is 0.425 e. The van der Waals surface area contributed by atoms with Crippen molar-refractivity contribution in [1.82, 2.24) is 10.4 Å². The molecule has 1 fully saturated rings. The number of aromatic hydroxyl groups is 1. The van der Waals surface area contributed by atoms with Gasteiger partial charge in [-0.3, -0.25) is 0 Å². The first-order valence-corrected chi connectivity index (χ1v) is 8.74. The van der Waals surface area contributed by atoms with Gasteiger partial charge in [0.15, 0.2) is 0 Å². The number of nitrogens with one attached hydrogen (secondary N) is 1. The lowest BCUT2D eigenvalue weighted by Crippen LogP contribution is -2.47. The second kappa shape index (κ2) is 6.56. The molecule has 1 aliphatic rings. The van der Waals surface area contributed by atoms with Crippen LogP contribution in [0.1, 0.15) is 52.1 Å². The van der Waals surface area contributed by atoms with Gasteiger partial charge in [-0.1, -0.05) is 24.3 Å². The third-order valence-corrected chi connectivity index (χ3v) is 4.20. The third-order valence-electron chi connectivity index (χ3n) is 4.20. The van der Waals surface area contributed by atoms with Crippen molar-refractivity contribution in [3.8, 4) is 5.75 Å². The average Bonchev–Trinajstić information content (AvgIpc) is 3.35. The molecule has 1 saturated carbocycles. The SMILES string of the molecule is CC(NN(C(=O)OC(C)(C)C)C1CC1)c1cc(O)c2ccccc2c1. The lowest BCUT2D eigenvalue weighted by Gasteiger charge is -2.30. The Hall–Kier alpha value is -2.27. The molecule has 0 bridgehead atoms. The molecule has 25 heavy (non-hydrogen) atoms. The molecule has 2 aromatic carbocycles. The summed E-state index contributed by atoms with van der Waals surface area (Å²) in [4.78, 5) is 12.5. The number of carbonyl (C=O) groups excluding carboxylic acids is 1. The molecule has 0 saturated heterocycles. The molecular formula is C20H26N2O3. The zero-order valence-corrected chi connectivity index (χ0v) is 15.2. The fraction of sp³-hybridized carbons (Fsp3) is 0.450. The minimum atomic E-state index is -0.531. The Morgan fingerprint density at radius 2 is 1.96 bits per heavy atom. The number of phenols is 1. The van der Waals surface area contributed by atoms with Crippen molar-refractivity contribution in [2.24, 2.45) is 0 Å². The first-order valence-electron chi connectivity index (χ1n) is 8.74. The van der Waals surface area contributed by atoms with Gasteiger partial charge >= 0.3 is 6.09 Å². The van der Waals surface area contributed by atoms with Gasteiger partial charge in [-0.05, 0) is 63.6 Å². The van der Waals surface area contributed by atoms with E-state index >= 15 is 0 Å². The number of fused-ring (bicyclic) bond motifs is 1. The van der Waals surface area contributed by atoms with E-state index in [-0.39, 0.29) is 23.9 Å². The summed E-state index contributed by atoms with van der Waals surface area (Å²) in [5.41, 5.74) is 3.65. The Kier molecular flexibility index (Phi) is 4.60. The Morgan fingerprint density at radius 3 is 2.60 bits per heavy atom. The number of hydrogen-bond acceptors (Lipinski definition) is 4. The fourth-order valence-corrected chi connectivity index (χ4v) is 2.80. The van der Waals surface area contributed by atoms with E-state index in [1.165, 1.54) is 0 Å². The second-order valence-corrected chi connectivity index (χ2v) is 7.69. The van der Waals surface area contributed by atoms with Crippen molar-refractivity contribution >= 4 is 16.9 Å². The van der Waals surface area contributed by atoms with Gasteiger partial charge in [-0.2, -0.15) is 0 Å². The molecule has 1 aliphatic carbocycles. The van der Waals surface area contributed by atoms with Crippen LogP contribution in [0, 0.1) is 0 Å². The van der Waals surface area contributed by atoms with Crippen molar-refractivity contribution in [2.45, 2.75) is 58.2 Å². The number of rotatable bonds is 4. The van der Waals surface area contributed by atoms with Gasteiger partial charge in [0.2, 0.25) is 0 Å². The van der Waals surface area contributed by atoms with Crippen LogP contribution in [-0.4, -0.2) is 27.9 Å². The van der Waals surface area contributed by atoms with E-state index in [4.69, 9.17) is 4.74 Å². The van der Waals surface area contributed by atoms with Crippen molar-refractivity contribution in [3.05, 3.63) is 42.0 Å². The molecule has 134 valence electrons. The highest BCUT2D eigenvalue weighted by atomic mass is 16.6. The largest absolute Gasteiger partial charge is 0.507 e. The molecule has 0 spiro atoms. The minimum Gasteiger partial charge on any atom is -0.507 e. The Labute approximate surface area is 148 Å². The number of amides is 1. The van der Waals surface area contributed by atoms with E-state index in [2.05, 4.69) is 5.43 Å². The van der Waals surface area contributed by atoms with E-state index in [1.807, 2.05) is 58.0 Å². The summed E-state index contributed by atoms with van der Waals surface area (Å²) in [6.45, 7) is 7.56. The zero-order valence-electron chi connectivity index (χ0n) is 15.2. The van der Waals surface area contributed by atoms with Crippen molar-refractivity contribution < 1.29 is 14.6 Å². The molecule has 2 aromatic rings. The Morgan fingerprint density at radius 1 is 1.28 bits per heavy atom. The van der Waals surface area contributed by atoms with Crippen molar-refractivity contribution in [2.75, 3.05) is 0 Å². The smallest absolute Gasteiger partial charge is 0.425 e. The van der Waals surface area contributed by atoms with Gasteiger partial charge in [-0.25, -0.2) is 15.2 Å². The predicted octanol–water partition coefficient (Wildman–Crippen LogP) is 4.51. The summed E-state index contributed by atoms with van der Waals surface area (Å²) in [5.74, 6) is 0.247. The van der Waals surface area contributed by atoms with Gasteiger partial charge in [0.1, 0.15) is 11.4 Å². The topological polar surface area (TPSA) is 61.8 Å². The van der Waals surface area contributed by atoms with Crippen molar-refractivity contribution in [3.63, 3.8) is 0 Å². The highest BCUT2D eigenvalue weighted by Crippen LogP contribution is 2.31. The summed E-state index contributed by atoms with van der Waals surface area (Å²) >= 11 is 0. The van der Waals surface area contributed by atoms with Gasteiger partial charge in [-0.15, -0.1) is 0 Å². The lowest BCUT2D eigenvalue weighted by atomic mass is 10.0. The maximum atomic E-state index is 12.5. The summed E-state index contributed by atoms with van der Waals surface area (Å²) in [5, 5.41) is 13.7. The molecule has 1 atom stereocenters. The zero-order chi connectivity index (χ0) is 18.2. The highest BCUT2D eigenvalue weighted by Gasteiger charge is 2.36. The summed E-state index contributed by atoms with van der Waals surface area (Å²) in [6.07, 6.45) is 1.59. The van der Waals surface area contributed by atoms with Gasteiger partial charge < -0.3 is 9.84 Å². The van der Waals surface area contributed by atoms with Crippen LogP contribution < -0.4 is 5.43 Å². The van der Waals surface area contributed by atoms with Crippen LogP contribution >= 0.6 is 0 Å².